The molecule has 2 aromatic rings. The Kier molecular flexibility index (Phi) is 14.3. The number of nitrogens with zero attached hydrogens (tertiary/aromatic N) is 1. The van der Waals surface area contributed by atoms with Gasteiger partial charge in [-0.15, -0.1) is 0 Å². The highest BCUT2D eigenvalue weighted by Gasteiger charge is 1.96. The first-order chi connectivity index (χ1) is 12.6. The van der Waals surface area contributed by atoms with Crippen LogP contribution in [0.3, 0.4) is 0 Å². The second-order valence-corrected chi connectivity index (χ2v) is 5.40. The number of carbonyl (C=O) groups is 2. The van der Waals surface area contributed by atoms with Crippen molar-refractivity contribution in [3.8, 4) is 5.75 Å². The van der Waals surface area contributed by atoms with Crippen molar-refractivity contribution in [2.75, 3.05) is 13.2 Å². The molecule has 0 atom stereocenters. The quantitative estimate of drug-likeness (QED) is 0.444. The number of carbonyl (C=O) groups excluding carboxylic acids is 2. The number of esters is 1. The van der Waals surface area contributed by atoms with E-state index in [-0.39, 0.29) is 11.7 Å². The van der Waals surface area contributed by atoms with Crippen molar-refractivity contribution in [2.45, 2.75) is 46.5 Å². The summed E-state index contributed by atoms with van der Waals surface area (Å²) in [5, 5.41) is 12.8. The summed E-state index contributed by atoms with van der Waals surface area (Å²) in [6.45, 7) is 6.66. The lowest BCUT2D eigenvalue weighted by molar-refractivity contribution is -0.140. The van der Waals surface area contributed by atoms with Gasteiger partial charge in [-0.05, 0) is 31.5 Å². The molecular weight excluding hydrogens is 332 g/mol. The molecule has 2 rings (SSSR count). The van der Waals surface area contributed by atoms with E-state index in [0.717, 1.165) is 30.3 Å². The molecule has 1 amide bonds. The predicted molar refractivity (Wildman–Crippen MR) is 104 cm³/mol. The van der Waals surface area contributed by atoms with Crippen molar-refractivity contribution in [1.29, 1.82) is 0 Å². The van der Waals surface area contributed by atoms with Crippen molar-refractivity contribution >= 4 is 23.3 Å². The minimum atomic E-state index is -0.211. The van der Waals surface area contributed by atoms with Crippen molar-refractivity contribution in [3.63, 3.8) is 0 Å². The molecule has 0 aliphatic heterocycles. The van der Waals surface area contributed by atoms with Crippen LogP contribution in [0.25, 0.3) is 10.9 Å². The molecule has 0 radical (unpaired) electrons. The molecule has 26 heavy (non-hydrogen) atoms. The highest BCUT2D eigenvalue weighted by Crippen LogP contribution is 2.20. The monoisotopic (exact) mass is 362 g/mol. The van der Waals surface area contributed by atoms with Crippen LogP contribution in [0.4, 0.5) is 0 Å². The molecule has 0 bridgehead atoms. The topological polar surface area (TPSA) is 88.5 Å². The van der Waals surface area contributed by atoms with Gasteiger partial charge in [-0.1, -0.05) is 38.3 Å². The van der Waals surface area contributed by atoms with E-state index in [2.05, 4.69) is 22.0 Å². The van der Waals surface area contributed by atoms with Gasteiger partial charge in [0.05, 0.1) is 12.1 Å². The average molecular weight is 362 g/mol. The highest BCUT2D eigenvalue weighted by atomic mass is 16.5. The van der Waals surface area contributed by atoms with Crippen LogP contribution in [-0.4, -0.2) is 35.6 Å². The maximum atomic E-state index is 9.82. The van der Waals surface area contributed by atoms with E-state index in [9.17, 15) is 14.7 Å². The minimum Gasteiger partial charge on any atom is -0.507 e. The summed E-state index contributed by atoms with van der Waals surface area (Å²) in [7, 11) is 0. The fourth-order valence-electron chi connectivity index (χ4n) is 2.00. The zero-order valence-corrected chi connectivity index (χ0v) is 15.9. The van der Waals surface area contributed by atoms with Crippen LogP contribution in [0.5, 0.6) is 5.75 Å². The van der Waals surface area contributed by atoms with E-state index >= 15 is 0 Å². The largest absolute Gasteiger partial charge is 0.507 e. The summed E-state index contributed by atoms with van der Waals surface area (Å²) in [6, 6.07) is 9.08. The predicted octanol–water partition coefficient (Wildman–Crippen LogP) is 3.82. The molecule has 1 heterocycles. The summed E-state index contributed by atoms with van der Waals surface area (Å²) < 4.78 is 4.40. The van der Waals surface area contributed by atoms with Gasteiger partial charge in [0.25, 0.3) is 0 Å². The van der Waals surface area contributed by atoms with Crippen molar-refractivity contribution in [1.82, 2.24) is 10.3 Å². The fourth-order valence-corrected chi connectivity index (χ4v) is 2.00. The average Bonchev–Trinajstić information content (AvgIpc) is 2.63. The Morgan fingerprint density at radius 2 is 1.92 bits per heavy atom. The van der Waals surface area contributed by atoms with Crippen LogP contribution < -0.4 is 5.32 Å². The minimum absolute atomic E-state index is 0.211. The Hall–Kier alpha value is -2.63. The number of unbranched alkanes of at least 4 members (excludes halogenated alkanes) is 3. The van der Waals surface area contributed by atoms with Crippen LogP contribution in [0.15, 0.2) is 36.5 Å². The number of nitrogens with one attached hydrogen (secondary N) is 1. The third-order valence-electron chi connectivity index (χ3n) is 3.23. The molecule has 6 heteroatoms. The Bertz CT molecular complexity index is 627. The van der Waals surface area contributed by atoms with Gasteiger partial charge in [-0.2, -0.15) is 0 Å². The highest BCUT2D eigenvalue weighted by molar-refractivity contribution is 5.84. The molecule has 1 aromatic heterocycles. The van der Waals surface area contributed by atoms with Gasteiger partial charge >= 0.3 is 5.97 Å². The number of ether oxygens (including phenoxy) is 1. The van der Waals surface area contributed by atoms with Gasteiger partial charge in [0.2, 0.25) is 6.41 Å². The number of hydrogen-bond donors (Lipinski definition) is 2. The third-order valence-corrected chi connectivity index (χ3v) is 3.23. The number of amides is 1. The van der Waals surface area contributed by atoms with Crippen LogP contribution in [0.2, 0.25) is 0 Å². The number of hydrogen-bond acceptors (Lipinski definition) is 5. The van der Waals surface area contributed by atoms with Gasteiger partial charge in [0.1, 0.15) is 5.75 Å². The van der Waals surface area contributed by atoms with Crippen LogP contribution in [0.1, 0.15) is 46.5 Å². The Morgan fingerprint density at radius 1 is 1.19 bits per heavy atom. The third kappa shape index (κ3) is 11.8. The van der Waals surface area contributed by atoms with Gasteiger partial charge in [0, 0.05) is 25.1 Å². The number of fused-ring (bicyclic) bond motifs is 1. The lowest BCUT2D eigenvalue weighted by Crippen LogP contribution is -2.11. The van der Waals surface area contributed by atoms with Crippen molar-refractivity contribution in [2.24, 2.45) is 0 Å². The van der Waals surface area contributed by atoms with Gasteiger partial charge in [-0.3, -0.25) is 14.6 Å². The summed E-state index contributed by atoms with van der Waals surface area (Å²) >= 11 is 0. The number of pyridine rings is 1. The van der Waals surface area contributed by atoms with E-state index in [1.807, 2.05) is 24.3 Å². The molecule has 0 aliphatic rings. The number of para-hydroxylation sites is 1. The first-order valence-electron chi connectivity index (χ1n) is 8.89. The first-order valence-corrected chi connectivity index (χ1v) is 8.89. The van der Waals surface area contributed by atoms with Crippen LogP contribution in [0, 0.1) is 0 Å². The standard InChI is InChI=1S/C9H7NO.C7H15NO.C4H8O2/c11-9-5-6-10-8-4-2-1-3-7(8)9;1-2-3-4-5-6-8-7-9;1-3-6-4(2)5/h1-6H,(H,10,11);7H,2-6H2,1H3,(H,8,9);3H2,1-2H3. The van der Waals surface area contributed by atoms with E-state index in [4.69, 9.17) is 0 Å². The molecule has 1 aromatic carbocycles. The molecule has 0 saturated heterocycles. The van der Waals surface area contributed by atoms with Gasteiger partial charge in [-0.25, -0.2) is 0 Å². The van der Waals surface area contributed by atoms with Gasteiger partial charge < -0.3 is 15.2 Å². The van der Waals surface area contributed by atoms with Gasteiger partial charge in [0.15, 0.2) is 0 Å². The van der Waals surface area contributed by atoms with Crippen molar-refractivity contribution < 1.29 is 19.4 Å². The van der Waals surface area contributed by atoms with E-state index in [1.54, 1.807) is 19.2 Å². The van der Waals surface area contributed by atoms with Crippen LogP contribution >= 0.6 is 0 Å². The number of benzene rings is 1. The maximum Gasteiger partial charge on any atom is 0.302 e. The lowest BCUT2D eigenvalue weighted by atomic mass is 10.2. The molecule has 144 valence electrons. The fraction of sp³-hybridized carbons (Fsp3) is 0.450. The van der Waals surface area contributed by atoms with E-state index < -0.39 is 0 Å². The summed E-state index contributed by atoms with van der Waals surface area (Å²) in [4.78, 5) is 23.6. The zero-order chi connectivity index (χ0) is 19.6. The molecule has 0 spiro atoms. The molecule has 2 N–H and O–H groups in total. The number of aromatic nitrogens is 1. The van der Waals surface area contributed by atoms with Crippen molar-refractivity contribution in [3.05, 3.63) is 36.5 Å². The molecule has 0 unspecified atom stereocenters. The Balaban J connectivity index is 0.000000380. The van der Waals surface area contributed by atoms with E-state index in [0.29, 0.717) is 6.61 Å². The van der Waals surface area contributed by atoms with Crippen LogP contribution in [-0.2, 0) is 14.3 Å². The Morgan fingerprint density at radius 3 is 2.46 bits per heavy atom. The summed E-state index contributed by atoms with van der Waals surface area (Å²) in [5.74, 6) is 0.0769. The molecule has 0 saturated carbocycles. The molecule has 0 aliphatic carbocycles. The number of rotatable bonds is 7. The molecular formula is C20H30N2O4. The Labute approximate surface area is 155 Å². The molecule has 0 fully saturated rings. The normalized spacial score (nSPS) is 9.19. The van der Waals surface area contributed by atoms with E-state index in [1.165, 1.54) is 26.2 Å². The number of aromatic hydroxyl groups is 1. The summed E-state index contributed by atoms with van der Waals surface area (Å²) in [5.41, 5.74) is 0.826. The summed E-state index contributed by atoms with van der Waals surface area (Å²) in [6.07, 6.45) is 7.23. The second kappa shape index (κ2) is 15.9. The second-order valence-electron chi connectivity index (χ2n) is 5.40. The SMILES string of the molecule is CCCCCCNC=O.CCOC(C)=O.Oc1ccnc2ccccc12. The first kappa shape index (κ1) is 23.4. The maximum absolute atomic E-state index is 9.82. The molecule has 6 nitrogen and oxygen atoms in total. The zero-order valence-electron chi connectivity index (χ0n) is 15.9. The smallest absolute Gasteiger partial charge is 0.302 e. The lowest BCUT2D eigenvalue weighted by Gasteiger charge is -1.96.